The molecule has 0 saturated heterocycles. The van der Waals surface area contributed by atoms with Crippen LogP contribution in [-0.2, 0) is 19.6 Å². The van der Waals surface area contributed by atoms with Crippen molar-refractivity contribution >= 4 is 0 Å². The van der Waals surface area contributed by atoms with Gasteiger partial charge in [0.2, 0.25) is 0 Å². The lowest BCUT2D eigenvalue weighted by Gasteiger charge is -2.21. The predicted molar refractivity (Wildman–Crippen MR) is 84.8 cm³/mol. The Bertz CT molecular complexity index is 546. The van der Waals surface area contributed by atoms with Gasteiger partial charge < -0.3 is 9.73 Å². The molecular formula is C18H24N2O. The molecule has 21 heavy (non-hydrogen) atoms. The van der Waals surface area contributed by atoms with Crippen LogP contribution in [0.2, 0.25) is 0 Å². The molecule has 1 aromatic carbocycles. The van der Waals surface area contributed by atoms with Gasteiger partial charge in [-0.2, -0.15) is 0 Å². The van der Waals surface area contributed by atoms with E-state index in [2.05, 4.69) is 41.4 Å². The van der Waals surface area contributed by atoms with Gasteiger partial charge in [0, 0.05) is 19.1 Å². The second-order valence-electron chi connectivity index (χ2n) is 5.81. The molecule has 0 aliphatic heterocycles. The lowest BCUT2D eigenvalue weighted by Crippen LogP contribution is -2.24. The van der Waals surface area contributed by atoms with Crippen LogP contribution >= 0.6 is 0 Å². The lowest BCUT2D eigenvalue weighted by molar-refractivity contribution is 0.247. The van der Waals surface area contributed by atoms with Crippen LogP contribution < -0.4 is 5.32 Å². The first kappa shape index (κ1) is 14.4. The van der Waals surface area contributed by atoms with Crippen molar-refractivity contribution in [2.24, 2.45) is 0 Å². The zero-order chi connectivity index (χ0) is 14.5. The zero-order valence-electron chi connectivity index (χ0n) is 12.7. The van der Waals surface area contributed by atoms with Gasteiger partial charge >= 0.3 is 0 Å². The summed E-state index contributed by atoms with van der Waals surface area (Å²) in [7, 11) is 0. The molecule has 1 aromatic heterocycles. The van der Waals surface area contributed by atoms with Crippen molar-refractivity contribution in [3.05, 3.63) is 59.5 Å². The number of nitrogens with zero attached hydrogens (tertiary/aromatic N) is 1. The monoisotopic (exact) mass is 284 g/mol. The Labute approximate surface area is 127 Å². The second-order valence-corrected chi connectivity index (χ2v) is 5.81. The van der Waals surface area contributed by atoms with E-state index < -0.39 is 0 Å². The van der Waals surface area contributed by atoms with E-state index >= 15 is 0 Å². The zero-order valence-corrected chi connectivity index (χ0v) is 12.7. The third-order valence-electron chi connectivity index (χ3n) is 4.08. The minimum Gasteiger partial charge on any atom is -0.468 e. The van der Waals surface area contributed by atoms with Crippen LogP contribution in [0, 0.1) is 0 Å². The summed E-state index contributed by atoms with van der Waals surface area (Å²) in [6.07, 6.45) is 4.42. The minimum absolute atomic E-state index is 0.753. The van der Waals surface area contributed by atoms with Crippen LogP contribution in [0.4, 0.5) is 0 Å². The average molecular weight is 284 g/mol. The van der Waals surface area contributed by atoms with Crippen LogP contribution in [0.1, 0.15) is 36.7 Å². The summed E-state index contributed by atoms with van der Waals surface area (Å²) in [5.74, 6) is 1.03. The molecule has 0 unspecified atom stereocenters. The lowest BCUT2D eigenvalue weighted by atomic mass is 10.1. The smallest absolute Gasteiger partial charge is 0.117 e. The number of hydrogen-bond donors (Lipinski definition) is 1. The normalized spacial score (nSPS) is 14.8. The molecule has 112 valence electrons. The van der Waals surface area contributed by atoms with Gasteiger partial charge in [0.1, 0.15) is 5.76 Å². The number of rotatable bonds is 8. The van der Waals surface area contributed by atoms with E-state index in [0.717, 1.165) is 38.0 Å². The number of hydrogen-bond acceptors (Lipinski definition) is 3. The summed E-state index contributed by atoms with van der Waals surface area (Å²) in [4.78, 5) is 2.41. The standard InChI is InChI=1S/C18H24N2O/c1-2-20(14-18-8-5-11-21-18)13-16-7-4-3-6-15(16)12-19-17-9-10-17/h3-8,11,17,19H,2,9-10,12-14H2,1H3. The van der Waals surface area contributed by atoms with Gasteiger partial charge in [0.25, 0.3) is 0 Å². The highest BCUT2D eigenvalue weighted by molar-refractivity contribution is 5.27. The van der Waals surface area contributed by atoms with Crippen molar-refractivity contribution in [3.8, 4) is 0 Å². The molecule has 0 radical (unpaired) electrons. The molecule has 1 saturated carbocycles. The Morgan fingerprint density at radius 2 is 1.90 bits per heavy atom. The Balaban J connectivity index is 1.63. The fourth-order valence-corrected chi connectivity index (χ4v) is 2.57. The Kier molecular flexibility index (Phi) is 4.73. The Hall–Kier alpha value is -1.58. The number of furan rings is 1. The fourth-order valence-electron chi connectivity index (χ4n) is 2.57. The minimum atomic E-state index is 0.753. The molecule has 0 spiro atoms. The summed E-state index contributed by atoms with van der Waals surface area (Å²) in [6, 6.07) is 13.5. The average Bonchev–Trinajstić information content (AvgIpc) is 3.21. The number of nitrogens with one attached hydrogen (secondary N) is 1. The molecule has 3 rings (SSSR count). The fraction of sp³-hybridized carbons (Fsp3) is 0.444. The molecule has 1 N–H and O–H groups in total. The van der Waals surface area contributed by atoms with Gasteiger partial charge in [-0.3, -0.25) is 4.90 Å². The maximum atomic E-state index is 5.47. The highest BCUT2D eigenvalue weighted by Gasteiger charge is 2.20. The van der Waals surface area contributed by atoms with Crippen LogP contribution in [0.3, 0.4) is 0 Å². The molecule has 1 aliphatic carbocycles. The van der Waals surface area contributed by atoms with Crippen molar-refractivity contribution in [1.29, 1.82) is 0 Å². The van der Waals surface area contributed by atoms with Gasteiger partial charge in [-0.1, -0.05) is 31.2 Å². The second kappa shape index (κ2) is 6.92. The molecular weight excluding hydrogens is 260 g/mol. The Morgan fingerprint density at radius 1 is 1.10 bits per heavy atom. The van der Waals surface area contributed by atoms with Gasteiger partial charge in [0.15, 0.2) is 0 Å². The van der Waals surface area contributed by atoms with Crippen molar-refractivity contribution in [2.75, 3.05) is 6.54 Å². The molecule has 3 nitrogen and oxygen atoms in total. The van der Waals surface area contributed by atoms with Crippen molar-refractivity contribution in [1.82, 2.24) is 10.2 Å². The largest absolute Gasteiger partial charge is 0.468 e. The molecule has 1 heterocycles. The highest BCUT2D eigenvalue weighted by atomic mass is 16.3. The summed E-state index contributed by atoms with van der Waals surface area (Å²) >= 11 is 0. The quantitative estimate of drug-likeness (QED) is 0.803. The summed E-state index contributed by atoms with van der Waals surface area (Å²) in [5.41, 5.74) is 2.83. The summed E-state index contributed by atoms with van der Waals surface area (Å²) in [5, 5.41) is 3.61. The van der Waals surface area contributed by atoms with E-state index in [4.69, 9.17) is 4.42 Å². The van der Waals surface area contributed by atoms with Crippen LogP contribution in [-0.4, -0.2) is 17.5 Å². The van der Waals surface area contributed by atoms with Crippen molar-refractivity contribution < 1.29 is 4.42 Å². The SMILES string of the molecule is CCN(Cc1ccco1)Cc1ccccc1CNC1CC1. The van der Waals surface area contributed by atoms with Crippen LogP contribution in [0.5, 0.6) is 0 Å². The van der Waals surface area contributed by atoms with Crippen LogP contribution in [0.25, 0.3) is 0 Å². The first-order valence-electron chi connectivity index (χ1n) is 7.90. The van der Waals surface area contributed by atoms with E-state index in [-0.39, 0.29) is 0 Å². The molecule has 3 heteroatoms. The van der Waals surface area contributed by atoms with E-state index in [1.54, 1.807) is 6.26 Å². The van der Waals surface area contributed by atoms with E-state index in [1.165, 1.54) is 24.0 Å². The summed E-state index contributed by atoms with van der Waals surface area (Å²) < 4.78 is 5.47. The first-order chi connectivity index (χ1) is 10.3. The van der Waals surface area contributed by atoms with Crippen molar-refractivity contribution in [3.63, 3.8) is 0 Å². The van der Waals surface area contributed by atoms with Gasteiger partial charge in [-0.05, 0) is 42.6 Å². The molecule has 0 amide bonds. The van der Waals surface area contributed by atoms with E-state index in [1.807, 2.05) is 12.1 Å². The van der Waals surface area contributed by atoms with E-state index in [9.17, 15) is 0 Å². The third kappa shape index (κ3) is 4.19. The molecule has 0 atom stereocenters. The van der Waals surface area contributed by atoms with Crippen molar-refractivity contribution in [2.45, 2.75) is 45.4 Å². The third-order valence-corrected chi connectivity index (χ3v) is 4.08. The molecule has 0 bridgehead atoms. The topological polar surface area (TPSA) is 28.4 Å². The molecule has 1 fully saturated rings. The maximum absolute atomic E-state index is 5.47. The predicted octanol–water partition coefficient (Wildman–Crippen LogP) is 3.55. The molecule has 2 aromatic rings. The van der Waals surface area contributed by atoms with E-state index in [0.29, 0.717) is 0 Å². The van der Waals surface area contributed by atoms with Gasteiger partial charge in [0.05, 0.1) is 12.8 Å². The summed E-state index contributed by atoms with van der Waals surface area (Å²) in [6.45, 7) is 6.05. The van der Waals surface area contributed by atoms with Gasteiger partial charge in [-0.25, -0.2) is 0 Å². The highest BCUT2D eigenvalue weighted by Crippen LogP contribution is 2.20. The maximum Gasteiger partial charge on any atom is 0.117 e. The molecule has 1 aliphatic rings. The van der Waals surface area contributed by atoms with Crippen LogP contribution in [0.15, 0.2) is 47.1 Å². The Morgan fingerprint density at radius 3 is 2.57 bits per heavy atom. The van der Waals surface area contributed by atoms with Gasteiger partial charge in [-0.15, -0.1) is 0 Å². The number of benzene rings is 1. The first-order valence-corrected chi connectivity index (χ1v) is 7.90.